The van der Waals surface area contributed by atoms with E-state index in [0.29, 0.717) is 0 Å². The van der Waals surface area contributed by atoms with Gasteiger partial charge in [-0.3, -0.25) is 9.98 Å². The molecular formula is C18H22N2. The molecule has 0 radical (unpaired) electrons. The van der Waals surface area contributed by atoms with Crippen LogP contribution in [0.2, 0.25) is 0 Å². The maximum absolute atomic E-state index is 4.59. The Kier molecular flexibility index (Phi) is 4.33. The maximum atomic E-state index is 4.59. The summed E-state index contributed by atoms with van der Waals surface area (Å²) in [4.78, 5) is 8.95. The van der Waals surface area contributed by atoms with Gasteiger partial charge in [0, 0.05) is 22.5 Å². The normalized spacial score (nSPS) is 25.4. The van der Waals surface area contributed by atoms with E-state index in [4.69, 9.17) is 0 Å². The summed E-state index contributed by atoms with van der Waals surface area (Å²) in [6, 6.07) is 0. The summed E-state index contributed by atoms with van der Waals surface area (Å²) >= 11 is 0. The van der Waals surface area contributed by atoms with Gasteiger partial charge in [-0.2, -0.15) is 0 Å². The van der Waals surface area contributed by atoms with Crippen molar-refractivity contribution in [1.82, 2.24) is 0 Å². The predicted octanol–water partition coefficient (Wildman–Crippen LogP) is 4.79. The molecule has 2 aliphatic rings. The maximum Gasteiger partial charge on any atom is 0.0633 e. The van der Waals surface area contributed by atoms with Crippen LogP contribution in [0.4, 0.5) is 0 Å². The highest BCUT2D eigenvalue weighted by molar-refractivity contribution is 5.96. The molecule has 104 valence electrons. The Morgan fingerprint density at radius 3 is 2.20 bits per heavy atom. The lowest BCUT2D eigenvalue weighted by atomic mass is 9.87. The lowest BCUT2D eigenvalue weighted by molar-refractivity contribution is 0.484. The van der Waals surface area contributed by atoms with Crippen molar-refractivity contribution in [3.8, 4) is 0 Å². The molecule has 0 fully saturated rings. The zero-order valence-corrected chi connectivity index (χ0v) is 12.7. The first-order valence-corrected chi connectivity index (χ1v) is 7.01. The average molecular weight is 266 g/mol. The number of nitrogens with zero attached hydrogens (tertiary/aromatic N) is 2. The van der Waals surface area contributed by atoms with E-state index in [0.717, 1.165) is 23.5 Å². The second kappa shape index (κ2) is 6.00. The van der Waals surface area contributed by atoms with E-state index in [9.17, 15) is 0 Å². The minimum atomic E-state index is 0.168. The molecule has 0 aliphatic carbocycles. The summed E-state index contributed by atoms with van der Waals surface area (Å²) in [7, 11) is 0. The van der Waals surface area contributed by atoms with Crippen LogP contribution < -0.4 is 0 Å². The Morgan fingerprint density at radius 1 is 0.950 bits per heavy atom. The van der Waals surface area contributed by atoms with Gasteiger partial charge in [0.25, 0.3) is 0 Å². The fourth-order valence-corrected chi connectivity index (χ4v) is 2.40. The van der Waals surface area contributed by atoms with Crippen molar-refractivity contribution in [3.63, 3.8) is 0 Å². The molecule has 2 heteroatoms. The molecule has 0 aromatic carbocycles. The second-order valence-corrected chi connectivity index (χ2v) is 5.91. The fourth-order valence-electron chi connectivity index (χ4n) is 2.40. The highest BCUT2D eigenvalue weighted by atomic mass is 14.8. The number of allylic oxidation sites excluding steroid dienone is 9. The summed E-state index contributed by atoms with van der Waals surface area (Å²) in [5.41, 5.74) is 4.61. The summed E-state index contributed by atoms with van der Waals surface area (Å²) in [6.45, 7) is 8.56. The number of hydrogen-bond donors (Lipinski definition) is 0. The van der Waals surface area contributed by atoms with Crippen LogP contribution in [0.15, 0.2) is 70.0 Å². The molecule has 2 rings (SSSR count). The van der Waals surface area contributed by atoms with Crippen molar-refractivity contribution in [3.05, 3.63) is 60.0 Å². The van der Waals surface area contributed by atoms with Gasteiger partial charge in [0.05, 0.1) is 5.70 Å². The monoisotopic (exact) mass is 266 g/mol. The third-order valence-corrected chi connectivity index (χ3v) is 3.36. The Morgan fingerprint density at radius 2 is 1.65 bits per heavy atom. The van der Waals surface area contributed by atoms with E-state index >= 15 is 0 Å². The molecule has 0 unspecified atom stereocenters. The molecule has 0 saturated carbocycles. The molecule has 2 heterocycles. The molecular weight excluding hydrogens is 244 g/mol. The van der Waals surface area contributed by atoms with Crippen LogP contribution in [0.3, 0.4) is 0 Å². The van der Waals surface area contributed by atoms with Crippen molar-refractivity contribution in [2.75, 3.05) is 0 Å². The van der Waals surface area contributed by atoms with Gasteiger partial charge < -0.3 is 0 Å². The Hall–Kier alpha value is -1.96. The molecule has 0 spiro atoms. The summed E-state index contributed by atoms with van der Waals surface area (Å²) in [5.74, 6) is 0. The Balaban J connectivity index is 1.93. The molecule has 0 aromatic heterocycles. The molecule has 0 bridgehead atoms. The van der Waals surface area contributed by atoms with Crippen molar-refractivity contribution < 1.29 is 0 Å². The highest BCUT2D eigenvalue weighted by Gasteiger charge is 2.28. The smallest absolute Gasteiger partial charge is 0.0633 e. The van der Waals surface area contributed by atoms with Crippen LogP contribution in [-0.2, 0) is 0 Å². The van der Waals surface area contributed by atoms with Gasteiger partial charge in [-0.15, -0.1) is 0 Å². The van der Waals surface area contributed by atoms with E-state index < -0.39 is 0 Å². The van der Waals surface area contributed by atoms with E-state index in [1.165, 1.54) is 5.71 Å². The Bertz CT molecular complexity index is 591. The lowest BCUT2D eigenvalue weighted by Gasteiger charge is -2.17. The zero-order chi connectivity index (χ0) is 14.6. The van der Waals surface area contributed by atoms with Crippen molar-refractivity contribution in [1.29, 1.82) is 0 Å². The van der Waals surface area contributed by atoms with E-state index in [1.807, 2.05) is 49.5 Å². The SMILES string of the molecule is CC1=N\C(=C/C=C/C=C/C=C2\N=C(C)CC2(C)C)C=C1. The molecule has 0 atom stereocenters. The van der Waals surface area contributed by atoms with Crippen molar-refractivity contribution in [2.45, 2.75) is 34.1 Å². The third-order valence-electron chi connectivity index (χ3n) is 3.36. The first kappa shape index (κ1) is 14.4. The number of hydrogen-bond acceptors (Lipinski definition) is 2. The standard InChI is InChI=1S/C18H22N2/c1-14-11-12-16(19-14)9-7-5-6-8-10-17-18(3,4)13-15(2)20-17/h5-12H,13H2,1-4H3/b7-5+,8-6+,16-9-,17-10-. The topological polar surface area (TPSA) is 24.7 Å². The van der Waals surface area contributed by atoms with Crippen LogP contribution >= 0.6 is 0 Å². The highest BCUT2D eigenvalue weighted by Crippen LogP contribution is 2.37. The molecule has 0 amide bonds. The van der Waals surface area contributed by atoms with Gasteiger partial charge in [-0.25, -0.2) is 0 Å². The van der Waals surface area contributed by atoms with Crippen LogP contribution in [0.25, 0.3) is 0 Å². The van der Waals surface area contributed by atoms with Gasteiger partial charge in [-0.05, 0) is 44.6 Å². The number of rotatable bonds is 3. The van der Waals surface area contributed by atoms with Gasteiger partial charge in [0.1, 0.15) is 0 Å². The average Bonchev–Trinajstić information content (AvgIpc) is 2.87. The summed E-state index contributed by atoms with van der Waals surface area (Å²) in [6.07, 6.45) is 17.3. The largest absolute Gasteiger partial charge is 0.262 e. The first-order chi connectivity index (χ1) is 9.47. The molecule has 0 N–H and O–H groups in total. The van der Waals surface area contributed by atoms with Crippen LogP contribution in [0, 0.1) is 5.41 Å². The molecule has 0 aromatic rings. The van der Waals surface area contributed by atoms with Gasteiger partial charge >= 0.3 is 0 Å². The van der Waals surface area contributed by atoms with Gasteiger partial charge in [0.15, 0.2) is 0 Å². The van der Waals surface area contributed by atoms with E-state index in [2.05, 4.69) is 36.8 Å². The summed E-state index contributed by atoms with van der Waals surface area (Å²) < 4.78 is 0. The Labute approximate surface area is 121 Å². The predicted molar refractivity (Wildman–Crippen MR) is 88.2 cm³/mol. The molecule has 0 saturated heterocycles. The van der Waals surface area contributed by atoms with Crippen LogP contribution in [-0.4, -0.2) is 11.4 Å². The van der Waals surface area contributed by atoms with E-state index in [1.54, 1.807) is 0 Å². The fraction of sp³-hybridized carbons (Fsp3) is 0.333. The van der Waals surface area contributed by atoms with Crippen molar-refractivity contribution >= 4 is 11.4 Å². The van der Waals surface area contributed by atoms with Crippen LogP contribution in [0.5, 0.6) is 0 Å². The molecule has 20 heavy (non-hydrogen) atoms. The van der Waals surface area contributed by atoms with Crippen LogP contribution in [0.1, 0.15) is 34.1 Å². The molecule has 2 aliphatic heterocycles. The molecule has 2 nitrogen and oxygen atoms in total. The van der Waals surface area contributed by atoms with E-state index in [-0.39, 0.29) is 5.41 Å². The minimum Gasteiger partial charge on any atom is -0.262 e. The quantitative estimate of drug-likeness (QED) is 0.656. The van der Waals surface area contributed by atoms with Gasteiger partial charge in [0.2, 0.25) is 0 Å². The van der Waals surface area contributed by atoms with Gasteiger partial charge in [-0.1, -0.05) is 38.2 Å². The summed E-state index contributed by atoms with van der Waals surface area (Å²) in [5, 5.41) is 0. The zero-order valence-electron chi connectivity index (χ0n) is 12.7. The number of aliphatic imine (C=N–C) groups is 2. The van der Waals surface area contributed by atoms with Crippen molar-refractivity contribution in [2.24, 2.45) is 15.4 Å². The minimum absolute atomic E-state index is 0.168. The first-order valence-electron chi connectivity index (χ1n) is 7.01. The second-order valence-electron chi connectivity index (χ2n) is 5.91. The third kappa shape index (κ3) is 3.77. The lowest BCUT2D eigenvalue weighted by Crippen LogP contribution is -2.09.